The van der Waals surface area contributed by atoms with E-state index in [1.54, 1.807) is 0 Å². The highest BCUT2D eigenvalue weighted by Crippen LogP contribution is 2.38. The van der Waals surface area contributed by atoms with Gasteiger partial charge in [-0.25, -0.2) is 4.79 Å². The Labute approximate surface area is 99.9 Å². The number of methoxy groups -OCH3 is 1. The molecule has 5 heteroatoms. The predicted molar refractivity (Wildman–Crippen MR) is 62.3 cm³/mol. The van der Waals surface area contributed by atoms with Gasteiger partial charge < -0.3 is 19.3 Å². The first kappa shape index (κ1) is 13.2. The maximum atomic E-state index is 10.9. The van der Waals surface area contributed by atoms with E-state index in [0.29, 0.717) is 30.5 Å². The number of rotatable bonds is 6. The lowest BCUT2D eigenvalue weighted by atomic mass is 10.2. The molecule has 0 radical (unpaired) electrons. The summed E-state index contributed by atoms with van der Waals surface area (Å²) in [5, 5.41) is 8.97. The predicted octanol–water partition coefficient (Wildman–Crippen LogP) is 2.19. The summed E-state index contributed by atoms with van der Waals surface area (Å²) in [7, 11) is 1.46. The van der Waals surface area contributed by atoms with E-state index in [1.807, 2.05) is 13.8 Å². The van der Waals surface area contributed by atoms with Crippen molar-refractivity contribution in [2.24, 2.45) is 0 Å². The zero-order chi connectivity index (χ0) is 12.8. The number of benzene rings is 1. The summed E-state index contributed by atoms with van der Waals surface area (Å²) in [6.45, 7) is 4.52. The maximum absolute atomic E-state index is 10.9. The summed E-state index contributed by atoms with van der Waals surface area (Å²) in [5.41, 5.74) is 0.105. The molecule has 0 bridgehead atoms. The SMILES string of the molecule is CCOc1cc(C(=O)O)cc(OC)c1OCC. The lowest BCUT2D eigenvalue weighted by Crippen LogP contribution is -2.04. The van der Waals surface area contributed by atoms with Crippen LogP contribution in [0.25, 0.3) is 0 Å². The van der Waals surface area contributed by atoms with E-state index in [-0.39, 0.29) is 5.56 Å². The lowest BCUT2D eigenvalue weighted by Gasteiger charge is -2.15. The first-order chi connectivity index (χ1) is 8.13. The van der Waals surface area contributed by atoms with Crippen molar-refractivity contribution in [3.8, 4) is 17.2 Å². The normalized spacial score (nSPS) is 9.82. The third kappa shape index (κ3) is 3.03. The highest BCUT2D eigenvalue weighted by atomic mass is 16.5. The Hall–Kier alpha value is -1.91. The maximum Gasteiger partial charge on any atom is 0.335 e. The van der Waals surface area contributed by atoms with Gasteiger partial charge in [0, 0.05) is 0 Å². The summed E-state index contributed by atoms with van der Waals surface area (Å²) in [6, 6.07) is 2.84. The molecule has 17 heavy (non-hydrogen) atoms. The van der Waals surface area contributed by atoms with Crippen molar-refractivity contribution < 1.29 is 24.1 Å². The molecule has 0 aromatic heterocycles. The Balaban J connectivity index is 3.28. The van der Waals surface area contributed by atoms with Crippen LogP contribution in [0.4, 0.5) is 0 Å². The third-order valence-electron chi connectivity index (χ3n) is 2.08. The van der Waals surface area contributed by atoms with Crippen molar-refractivity contribution in [2.75, 3.05) is 20.3 Å². The van der Waals surface area contributed by atoms with E-state index in [4.69, 9.17) is 19.3 Å². The number of carboxylic acids is 1. The third-order valence-corrected chi connectivity index (χ3v) is 2.08. The topological polar surface area (TPSA) is 65.0 Å². The van der Waals surface area contributed by atoms with Gasteiger partial charge in [-0.2, -0.15) is 0 Å². The summed E-state index contributed by atoms with van der Waals surface area (Å²) in [5.74, 6) is 0.135. The molecule has 0 saturated heterocycles. The van der Waals surface area contributed by atoms with E-state index < -0.39 is 5.97 Å². The van der Waals surface area contributed by atoms with Crippen LogP contribution in [0, 0.1) is 0 Å². The van der Waals surface area contributed by atoms with Crippen LogP contribution < -0.4 is 14.2 Å². The van der Waals surface area contributed by atoms with Crippen molar-refractivity contribution in [3.05, 3.63) is 17.7 Å². The molecule has 0 heterocycles. The number of carboxylic acid groups (broad SMARTS) is 1. The summed E-state index contributed by atoms with van der Waals surface area (Å²) < 4.78 is 15.9. The molecule has 0 aliphatic heterocycles. The molecular weight excluding hydrogens is 224 g/mol. The molecule has 1 N–H and O–H groups in total. The second-order valence-corrected chi connectivity index (χ2v) is 3.18. The van der Waals surface area contributed by atoms with Crippen molar-refractivity contribution in [1.29, 1.82) is 0 Å². The Kier molecular flexibility index (Phi) is 4.63. The van der Waals surface area contributed by atoms with E-state index in [0.717, 1.165) is 0 Å². The second-order valence-electron chi connectivity index (χ2n) is 3.18. The summed E-state index contributed by atoms with van der Waals surface area (Å²) in [4.78, 5) is 10.9. The number of hydrogen-bond acceptors (Lipinski definition) is 4. The first-order valence-electron chi connectivity index (χ1n) is 5.34. The Morgan fingerprint density at radius 3 is 2.24 bits per heavy atom. The van der Waals surface area contributed by atoms with Crippen LogP contribution in [-0.2, 0) is 0 Å². The van der Waals surface area contributed by atoms with Gasteiger partial charge >= 0.3 is 5.97 Å². The van der Waals surface area contributed by atoms with Crippen LogP contribution in [0.1, 0.15) is 24.2 Å². The molecular formula is C12H16O5. The second kappa shape index (κ2) is 5.98. The number of hydrogen-bond donors (Lipinski definition) is 1. The van der Waals surface area contributed by atoms with E-state index in [9.17, 15) is 4.79 Å². The highest BCUT2D eigenvalue weighted by molar-refractivity contribution is 5.89. The molecule has 0 saturated carbocycles. The zero-order valence-electron chi connectivity index (χ0n) is 10.1. The molecule has 0 amide bonds. The van der Waals surface area contributed by atoms with E-state index in [1.165, 1.54) is 19.2 Å². The minimum atomic E-state index is -1.03. The van der Waals surface area contributed by atoms with Crippen LogP contribution in [-0.4, -0.2) is 31.4 Å². The Morgan fingerprint density at radius 2 is 1.76 bits per heavy atom. The smallest absolute Gasteiger partial charge is 0.335 e. The van der Waals surface area contributed by atoms with Crippen molar-refractivity contribution in [2.45, 2.75) is 13.8 Å². The van der Waals surface area contributed by atoms with Crippen LogP contribution in [0.5, 0.6) is 17.2 Å². The summed E-state index contributed by atoms with van der Waals surface area (Å²) >= 11 is 0. The molecule has 1 rings (SSSR count). The van der Waals surface area contributed by atoms with Gasteiger partial charge in [0.15, 0.2) is 11.5 Å². The van der Waals surface area contributed by atoms with Crippen LogP contribution in [0.3, 0.4) is 0 Å². The summed E-state index contributed by atoms with van der Waals surface area (Å²) in [6.07, 6.45) is 0. The van der Waals surface area contributed by atoms with Crippen LogP contribution in [0.2, 0.25) is 0 Å². The monoisotopic (exact) mass is 240 g/mol. The lowest BCUT2D eigenvalue weighted by molar-refractivity contribution is 0.0695. The highest BCUT2D eigenvalue weighted by Gasteiger charge is 2.17. The molecule has 0 spiro atoms. The average molecular weight is 240 g/mol. The van der Waals surface area contributed by atoms with Gasteiger partial charge in [0.25, 0.3) is 0 Å². The fourth-order valence-corrected chi connectivity index (χ4v) is 1.40. The van der Waals surface area contributed by atoms with Gasteiger partial charge in [0.2, 0.25) is 5.75 Å². The molecule has 94 valence electrons. The molecule has 0 atom stereocenters. The van der Waals surface area contributed by atoms with Gasteiger partial charge in [-0.1, -0.05) is 0 Å². The minimum Gasteiger partial charge on any atom is -0.493 e. The molecule has 0 fully saturated rings. The van der Waals surface area contributed by atoms with Gasteiger partial charge in [0.05, 0.1) is 25.9 Å². The van der Waals surface area contributed by atoms with Gasteiger partial charge in [-0.15, -0.1) is 0 Å². The minimum absolute atomic E-state index is 0.105. The first-order valence-corrected chi connectivity index (χ1v) is 5.34. The van der Waals surface area contributed by atoms with Crippen LogP contribution in [0.15, 0.2) is 12.1 Å². The van der Waals surface area contributed by atoms with Gasteiger partial charge in [-0.05, 0) is 26.0 Å². The van der Waals surface area contributed by atoms with Gasteiger partial charge in [0.1, 0.15) is 0 Å². The average Bonchev–Trinajstić information content (AvgIpc) is 2.31. The molecule has 5 nitrogen and oxygen atoms in total. The van der Waals surface area contributed by atoms with E-state index >= 15 is 0 Å². The zero-order valence-corrected chi connectivity index (χ0v) is 10.1. The molecule has 0 unspecified atom stereocenters. The standard InChI is InChI=1S/C12H16O5/c1-4-16-10-7-8(12(13)14)6-9(15-3)11(10)17-5-2/h6-7H,4-5H2,1-3H3,(H,13,14). The Morgan fingerprint density at radius 1 is 1.18 bits per heavy atom. The van der Waals surface area contributed by atoms with E-state index in [2.05, 4.69) is 0 Å². The number of carbonyl (C=O) groups is 1. The molecule has 0 aliphatic rings. The van der Waals surface area contributed by atoms with Crippen molar-refractivity contribution in [3.63, 3.8) is 0 Å². The number of ether oxygens (including phenoxy) is 3. The number of aromatic carboxylic acids is 1. The fourth-order valence-electron chi connectivity index (χ4n) is 1.40. The van der Waals surface area contributed by atoms with Crippen LogP contribution >= 0.6 is 0 Å². The molecule has 0 aliphatic carbocycles. The Bertz CT molecular complexity index is 400. The largest absolute Gasteiger partial charge is 0.493 e. The van der Waals surface area contributed by atoms with Crippen molar-refractivity contribution >= 4 is 5.97 Å². The van der Waals surface area contributed by atoms with Gasteiger partial charge in [-0.3, -0.25) is 0 Å². The molecule has 1 aromatic rings. The van der Waals surface area contributed by atoms with Crippen molar-refractivity contribution in [1.82, 2.24) is 0 Å². The quantitative estimate of drug-likeness (QED) is 0.825. The fraction of sp³-hybridized carbons (Fsp3) is 0.417. The molecule has 1 aromatic carbocycles.